The highest BCUT2D eigenvalue weighted by Crippen LogP contribution is 2.30. The first-order valence-corrected chi connectivity index (χ1v) is 7.31. The van der Waals surface area contributed by atoms with E-state index in [0.29, 0.717) is 0 Å². The molecule has 0 atom stereocenters. The van der Waals surface area contributed by atoms with E-state index < -0.39 is 0 Å². The van der Waals surface area contributed by atoms with Gasteiger partial charge in [-0.05, 0) is 37.5 Å². The molecule has 0 aliphatic rings. The first-order chi connectivity index (χ1) is 9.19. The zero-order valence-electron chi connectivity index (χ0n) is 11.6. The molecule has 0 aliphatic carbocycles. The molecular formula is C15H19N3S. The zero-order valence-corrected chi connectivity index (χ0v) is 12.4. The molecule has 0 radical (unpaired) electrons. The van der Waals surface area contributed by atoms with Crippen LogP contribution in [0.2, 0.25) is 0 Å². The van der Waals surface area contributed by atoms with Gasteiger partial charge in [-0.1, -0.05) is 30.8 Å². The van der Waals surface area contributed by atoms with Crippen LogP contribution in [0.15, 0.2) is 40.5 Å². The molecule has 0 unspecified atom stereocenters. The van der Waals surface area contributed by atoms with Crippen LogP contribution in [0.1, 0.15) is 24.5 Å². The molecular weight excluding hydrogens is 254 g/mol. The van der Waals surface area contributed by atoms with Crippen LogP contribution in [0.3, 0.4) is 0 Å². The summed E-state index contributed by atoms with van der Waals surface area (Å²) < 4.78 is 0. The Morgan fingerprint density at radius 2 is 2.00 bits per heavy atom. The number of benzene rings is 1. The number of hydrogen-bond acceptors (Lipinski definition) is 4. The van der Waals surface area contributed by atoms with Crippen LogP contribution in [0, 0.1) is 13.8 Å². The molecule has 0 fully saturated rings. The van der Waals surface area contributed by atoms with Gasteiger partial charge >= 0.3 is 0 Å². The highest BCUT2D eigenvalue weighted by Gasteiger charge is 2.04. The van der Waals surface area contributed by atoms with Crippen molar-refractivity contribution in [3.05, 3.63) is 41.7 Å². The number of aryl methyl sites for hydroxylation is 2. The van der Waals surface area contributed by atoms with E-state index >= 15 is 0 Å². The third-order valence-corrected chi connectivity index (χ3v) is 3.85. The van der Waals surface area contributed by atoms with Crippen LogP contribution in [-0.4, -0.2) is 16.5 Å². The maximum atomic E-state index is 4.33. The number of nitrogens with one attached hydrogen (secondary N) is 1. The Hall–Kier alpha value is -1.55. The van der Waals surface area contributed by atoms with Gasteiger partial charge in [0.25, 0.3) is 0 Å². The molecule has 0 saturated carbocycles. The molecule has 0 saturated heterocycles. The molecule has 3 nitrogen and oxygen atoms in total. The molecule has 2 aromatic rings. The van der Waals surface area contributed by atoms with Gasteiger partial charge in [0.2, 0.25) is 0 Å². The molecule has 100 valence electrons. The quantitative estimate of drug-likeness (QED) is 0.833. The smallest absolute Gasteiger partial charge is 0.130 e. The summed E-state index contributed by atoms with van der Waals surface area (Å²) in [6.07, 6.45) is 2.70. The van der Waals surface area contributed by atoms with Crippen molar-refractivity contribution in [1.29, 1.82) is 0 Å². The second-order valence-corrected chi connectivity index (χ2v) is 5.60. The maximum absolute atomic E-state index is 4.33. The van der Waals surface area contributed by atoms with Crippen molar-refractivity contribution in [3.63, 3.8) is 0 Å². The van der Waals surface area contributed by atoms with E-state index in [1.165, 1.54) is 16.0 Å². The van der Waals surface area contributed by atoms with Crippen molar-refractivity contribution in [2.45, 2.75) is 37.1 Å². The van der Waals surface area contributed by atoms with Gasteiger partial charge in [0, 0.05) is 17.5 Å². The molecule has 0 bridgehead atoms. The Balaban J connectivity index is 2.16. The van der Waals surface area contributed by atoms with E-state index in [1.54, 1.807) is 18.1 Å². The van der Waals surface area contributed by atoms with Crippen LogP contribution >= 0.6 is 11.8 Å². The number of nitrogens with zero attached hydrogens (tertiary/aromatic N) is 2. The number of rotatable bonds is 5. The minimum Gasteiger partial charge on any atom is -0.370 e. The van der Waals surface area contributed by atoms with E-state index in [4.69, 9.17) is 0 Å². The van der Waals surface area contributed by atoms with E-state index in [9.17, 15) is 0 Å². The largest absolute Gasteiger partial charge is 0.370 e. The average Bonchev–Trinajstić information content (AvgIpc) is 2.41. The predicted octanol–water partition coefficient (Wildman–Crippen LogP) is 4.07. The van der Waals surface area contributed by atoms with Crippen molar-refractivity contribution >= 4 is 17.6 Å². The summed E-state index contributed by atoms with van der Waals surface area (Å²) >= 11 is 1.68. The lowest BCUT2D eigenvalue weighted by Gasteiger charge is -2.08. The van der Waals surface area contributed by atoms with E-state index in [-0.39, 0.29) is 0 Å². The van der Waals surface area contributed by atoms with Crippen LogP contribution < -0.4 is 5.32 Å². The highest BCUT2D eigenvalue weighted by molar-refractivity contribution is 7.99. The lowest BCUT2D eigenvalue weighted by Crippen LogP contribution is -2.02. The van der Waals surface area contributed by atoms with Crippen molar-refractivity contribution in [3.8, 4) is 0 Å². The molecule has 4 heteroatoms. The Labute approximate surface area is 118 Å². The minimum absolute atomic E-state index is 0.893. The van der Waals surface area contributed by atoms with Crippen LogP contribution in [0.4, 0.5) is 5.82 Å². The standard InChI is InChI=1S/C15H19N3S/c1-4-7-16-14-9-15(18-10-17-14)19-13-8-11(2)5-6-12(13)3/h5-6,8-10H,4,7H2,1-3H3,(H,16,17,18). The van der Waals surface area contributed by atoms with E-state index in [2.05, 4.69) is 54.3 Å². The Bertz CT molecular complexity index is 555. The molecule has 1 N–H and O–H groups in total. The lowest BCUT2D eigenvalue weighted by atomic mass is 10.2. The third kappa shape index (κ3) is 3.96. The SMILES string of the molecule is CCCNc1cc(Sc2cc(C)ccc2C)ncn1. The van der Waals surface area contributed by atoms with E-state index in [1.807, 2.05) is 6.07 Å². The molecule has 1 aromatic carbocycles. The maximum Gasteiger partial charge on any atom is 0.130 e. The fourth-order valence-electron chi connectivity index (χ4n) is 1.67. The van der Waals surface area contributed by atoms with Gasteiger partial charge in [-0.2, -0.15) is 0 Å². The first-order valence-electron chi connectivity index (χ1n) is 6.50. The van der Waals surface area contributed by atoms with Crippen LogP contribution in [0.25, 0.3) is 0 Å². The minimum atomic E-state index is 0.893. The molecule has 2 rings (SSSR count). The number of aromatic nitrogens is 2. The van der Waals surface area contributed by atoms with Gasteiger partial charge in [-0.3, -0.25) is 0 Å². The Kier molecular flexibility index (Phi) is 4.80. The monoisotopic (exact) mass is 273 g/mol. The summed E-state index contributed by atoms with van der Waals surface area (Å²) in [5, 5.41) is 4.26. The third-order valence-electron chi connectivity index (χ3n) is 2.76. The second-order valence-electron chi connectivity index (χ2n) is 4.54. The van der Waals surface area contributed by atoms with Crippen molar-refractivity contribution in [1.82, 2.24) is 9.97 Å². The summed E-state index contributed by atoms with van der Waals surface area (Å²) in [5.41, 5.74) is 2.55. The summed E-state index contributed by atoms with van der Waals surface area (Å²) in [5.74, 6) is 0.893. The molecule has 0 aliphatic heterocycles. The molecule has 19 heavy (non-hydrogen) atoms. The van der Waals surface area contributed by atoms with Crippen molar-refractivity contribution in [2.24, 2.45) is 0 Å². The van der Waals surface area contributed by atoms with Crippen molar-refractivity contribution in [2.75, 3.05) is 11.9 Å². The molecule has 1 aromatic heterocycles. The summed E-state index contributed by atoms with van der Waals surface area (Å²) in [6.45, 7) is 7.31. The van der Waals surface area contributed by atoms with Crippen molar-refractivity contribution < 1.29 is 0 Å². The molecule has 1 heterocycles. The predicted molar refractivity (Wildman–Crippen MR) is 80.9 cm³/mol. The van der Waals surface area contributed by atoms with Gasteiger partial charge in [0.05, 0.1) is 0 Å². The Morgan fingerprint density at radius 3 is 2.79 bits per heavy atom. The van der Waals surface area contributed by atoms with Gasteiger partial charge in [0.15, 0.2) is 0 Å². The van der Waals surface area contributed by atoms with E-state index in [0.717, 1.165) is 23.8 Å². The Morgan fingerprint density at radius 1 is 1.16 bits per heavy atom. The fraction of sp³-hybridized carbons (Fsp3) is 0.333. The zero-order chi connectivity index (χ0) is 13.7. The topological polar surface area (TPSA) is 37.8 Å². The summed E-state index contributed by atoms with van der Waals surface area (Å²) in [6, 6.07) is 8.48. The second kappa shape index (κ2) is 6.57. The summed E-state index contributed by atoms with van der Waals surface area (Å²) in [7, 11) is 0. The lowest BCUT2D eigenvalue weighted by molar-refractivity contribution is 0.953. The van der Waals surface area contributed by atoms with Crippen LogP contribution in [-0.2, 0) is 0 Å². The number of anilines is 1. The molecule has 0 amide bonds. The molecule has 0 spiro atoms. The first kappa shape index (κ1) is 13.9. The van der Waals surface area contributed by atoms with Gasteiger partial charge in [0.1, 0.15) is 17.2 Å². The fourth-order valence-corrected chi connectivity index (χ4v) is 2.64. The number of hydrogen-bond donors (Lipinski definition) is 1. The van der Waals surface area contributed by atoms with Gasteiger partial charge in [-0.25, -0.2) is 9.97 Å². The highest BCUT2D eigenvalue weighted by atomic mass is 32.2. The van der Waals surface area contributed by atoms with Crippen LogP contribution in [0.5, 0.6) is 0 Å². The normalized spacial score (nSPS) is 10.5. The average molecular weight is 273 g/mol. The van der Waals surface area contributed by atoms with Gasteiger partial charge in [-0.15, -0.1) is 0 Å². The van der Waals surface area contributed by atoms with Gasteiger partial charge < -0.3 is 5.32 Å². The summed E-state index contributed by atoms with van der Waals surface area (Å²) in [4.78, 5) is 9.80.